The van der Waals surface area contributed by atoms with Crippen LogP contribution in [0.15, 0.2) is 12.2 Å². The first-order valence-electron chi connectivity index (χ1n) is 5.98. The minimum atomic E-state index is -4.16. The number of ether oxygens (including phenoxy) is 1. The van der Waals surface area contributed by atoms with Crippen LogP contribution in [0.5, 0.6) is 0 Å². The zero-order chi connectivity index (χ0) is 13.8. The Morgan fingerprint density at radius 1 is 1.50 bits per heavy atom. The third-order valence-electron chi connectivity index (χ3n) is 2.95. The molecule has 0 aromatic heterocycles. The normalized spacial score (nSPS) is 21.7. The number of carbonyl (C=O) groups excluding carboxylic acids is 1. The van der Waals surface area contributed by atoms with Crippen molar-refractivity contribution in [2.75, 3.05) is 26.2 Å². The molecule has 0 bridgehead atoms. The van der Waals surface area contributed by atoms with Gasteiger partial charge in [0.25, 0.3) is 0 Å². The van der Waals surface area contributed by atoms with E-state index >= 15 is 0 Å². The van der Waals surface area contributed by atoms with E-state index in [-0.39, 0.29) is 31.7 Å². The van der Waals surface area contributed by atoms with Gasteiger partial charge >= 0.3 is 12.1 Å². The summed E-state index contributed by atoms with van der Waals surface area (Å²) in [5.74, 6) is -1.84. The largest absolute Gasteiger partial charge is 0.463 e. The lowest BCUT2D eigenvalue weighted by atomic mass is 9.97. The number of halogens is 3. The van der Waals surface area contributed by atoms with Gasteiger partial charge in [0.2, 0.25) is 0 Å². The number of rotatable bonds is 4. The number of piperidine rings is 1. The van der Waals surface area contributed by atoms with Crippen molar-refractivity contribution in [2.24, 2.45) is 5.92 Å². The van der Waals surface area contributed by atoms with E-state index in [1.165, 1.54) is 0 Å². The minimum Gasteiger partial charge on any atom is -0.463 e. The quantitative estimate of drug-likeness (QED) is 0.577. The topological polar surface area (TPSA) is 29.5 Å². The van der Waals surface area contributed by atoms with Crippen molar-refractivity contribution in [3.05, 3.63) is 12.2 Å². The average molecular weight is 265 g/mol. The molecule has 0 saturated carbocycles. The summed E-state index contributed by atoms with van der Waals surface area (Å²) in [6.07, 6.45) is -3.52. The Labute approximate surface area is 105 Å². The van der Waals surface area contributed by atoms with Crippen LogP contribution in [-0.2, 0) is 9.53 Å². The number of carbonyl (C=O) groups is 1. The van der Waals surface area contributed by atoms with Gasteiger partial charge in [-0.3, -0.25) is 4.90 Å². The monoisotopic (exact) mass is 265 g/mol. The molecule has 1 atom stereocenters. The molecule has 1 rings (SSSR count). The Morgan fingerprint density at radius 3 is 2.72 bits per heavy atom. The van der Waals surface area contributed by atoms with Gasteiger partial charge in [-0.1, -0.05) is 6.58 Å². The van der Waals surface area contributed by atoms with Gasteiger partial charge in [0.15, 0.2) is 0 Å². The maximum absolute atomic E-state index is 12.6. The van der Waals surface area contributed by atoms with Crippen LogP contribution in [0.25, 0.3) is 0 Å². The molecule has 0 spiro atoms. The summed E-state index contributed by atoms with van der Waals surface area (Å²) >= 11 is 0. The summed E-state index contributed by atoms with van der Waals surface area (Å²) < 4.78 is 42.5. The van der Waals surface area contributed by atoms with E-state index in [1.54, 1.807) is 11.8 Å². The van der Waals surface area contributed by atoms with Crippen molar-refractivity contribution in [1.82, 2.24) is 4.90 Å². The summed E-state index contributed by atoms with van der Waals surface area (Å²) in [7, 11) is 0. The van der Waals surface area contributed by atoms with E-state index in [1.807, 2.05) is 0 Å². The van der Waals surface area contributed by atoms with E-state index in [0.717, 1.165) is 0 Å². The lowest BCUT2D eigenvalue weighted by Crippen LogP contribution is -2.42. The molecule has 1 fully saturated rings. The molecule has 1 unspecified atom stereocenters. The summed E-state index contributed by atoms with van der Waals surface area (Å²) in [4.78, 5) is 12.9. The van der Waals surface area contributed by atoms with Crippen molar-refractivity contribution in [3.8, 4) is 0 Å². The second kappa shape index (κ2) is 6.22. The van der Waals surface area contributed by atoms with Crippen LogP contribution in [0.2, 0.25) is 0 Å². The van der Waals surface area contributed by atoms with E-state index in [2.05, 4.69) is 6.58 Å². The zero-order valence-corrected chi connectivity index (χ0v) is 10.4. The molecule has 1 aliphatic heterocycles. The van der Waals surface area contributed by atoms with Crippen LogP contribution in [0.1, 0.15) is 19.8 Å². The van der Waals surface area contributed by atoms with Crippen LogP contribution in [0.3, 0.4) is 0 Å². The van der Waals surface area contributed by atoms with E-state index < -0.39 is 18.1 Å². The van der Waals surface area contributed by atoms with Gasteiger partial charge < -0.3 is 4.74 Å². The standard InChI is InChI=1S/C12H18F3NO2/c1-3-18-11(17)9(2)7-16-6-4-5-10(8-16)12(13,14)15/h10H,2-8H2,1H3. The summed E-state index contributed by atoms with van der Waals surface area (Å²) in [6.45, 7) is 6.11. The van der Waals surface area contributed by atoms with Crippen LogP contribution < -0.4 is 0 Å². The fourth-order valence-corrected chi connectivity index (χ4v) is 2.03. The molecular formula is C12H18F3NO2. The highest BCUT2D eigenvalue weighted by Crippen LogP contribution is 2.33. The molecule has 0 radical (unpaired) electrons. The SMILES string of the molecule is C=C(CN1CCCC(C(F)(F)F)C1)C(=O)OCC. The van der Waals surface area contributed by atoms with Gasteiger partial charge in [-0.2, -0.15) is 13.2 Å². The fourth-order valence-electron chi connectivity index (χ4n) is 2.03. The second-order valence-electron chi connectivity index (χ2n) is 4.44. The van der Waals surface area contributed by atoms with Crippen LogP contribution in [0, 0.1) is 5.92 Å². The zero-order valence-electron chi connectivity index (χ0n) is 10.4. The maximum atomic E-state index is 12.6. The smallest absolute Gasteiger partial charge is 0.393 e. The second-order valence-corrected chi connectivity index (χ2v) is 4.44. The number of nitrogens with zero attached hydrogens (tertiary/aromatic N) is 1. The van der Waals surface area contributed by atoms with Crippen LogP contribution in [0.4, 0.5) is 13.2 Å². The highest BCUT2D eigenvalue weighted by atomic mass is 19.4. The molecule has 0 aliphatic carbocycles. The molecule has 104 valence electrons. The molecule has 6 heteroatoms. The molecule has 0 N–H and O–H groups in total. The molecule has 1 aliphatic rings. The van der Waals surface area contributed by atoms with E-state index in [9.17, 15) is 18.0 Å². The van der Waals surface area contributed by atoms with Crippen molar-refractivity contribution in [2.45, 2.75) is 25.9 Å². The Kier molecular flexibility index (Phi) is 5.19. The van der Waals surface area contributed by atoms with Crippen LogP contribution in [-0.4, -0.2) is 43.3 Å². The predicted octanol–water partition coefficient (Wildman–Crippen LogP) is 2.38. The average Bonchev–Trinajstić information content (AvgIpc) is 2.28. The fraction of sp³-hybridized carbons (Fsp3) is 0.750. The van der Waals surface area contributed by atoms with E-state index in [0.29, 0.717) is 13.0 Å². The van der Waals surface area contributed by atoms with Crippen LogP contribution >= 0.6 is 0 Å². The van der Waals surface area contributed by atoms with E-state index in [4.69, 9.17) is 4.74 Å². The molecule has 1 heterocycles. The van der Waals surface area contributed by atoms with Crippen molar-refractivity contribution in [3.63, 3.8) is 0 Å². The predicted molar refractivity (Wildman–Crippen MR) is 61.0 cm³/mol. The number of likely N-dealkylation sites (tertiary alicyclic amines) is 1. The van der Waals surface area contributed by atoms with Gasteiger partial charge in [0, 0.05) is 18.7 Å². The molecule has 0 aromatic carbocycles. The molecule has 3 nitrogen and oxygen atoms in total. The lowest BCUT2D eigenvalue weighted by molar-refractivity contribution is -0.186. The highest BCUT2D eigenvalue weighted by molar-refractivity contribution is 5.88. The highest BCUT2D eigenvalue weighted by Gasteiger charge is 2.41. The van der Waals surface area contributed by atoms with Gasteiger partial charge in [-0.15, -0.1) is 0 Å². The number of esters is 1. The lowest BCUT2D eigenvalue weighted by Gasteiger charge is -2.33. The Morgan fingerprint density at radius 2 is 2.17 bits per heavy atom. The first-order valence-corrected chi connectivity index (χ1v) is 5.98. The minimum absolute atomic E-state index is 0.0675. The first kappa shape index (κ1) is 15.0. The Hall–Kier alpha value is -1.04. The number of alkyl halides is 3. The van der Waals surface area contributed by atoms with Crippen molar-refractivity contribution < 1.29 is 22.7 Å². The van der Waals surface area contributed by atoms with Gasteiger partial charge in [-0.25, -0.2) is 4.79 Å². The van der Waals surface area contributed by atoms with Gasteiger partial charge in [0.05, 0.1) is 12.5 Å². The maximum Gasteiger partial charge on any atom is 0.393 e. The third kappa shape index (κ3) is 4.33. The summed E-state index contributed by atoms with van der Waals surface area (Å²) in [5.41, 5.74) is 0.208. The number of hydrogen-bond acceptors (Lipinski definition) is 3. The summed E-state index contributed by atoms with van der Waals surface area (Å²) in [6, 6.07) is 0. The van der Waals surface area contributed by atoms with Gasteiger partial charge in [0.1, 0.15) is 0 Å². The third-order valence-corrected chi connectivity index (χ3v) is 2.95. The molecule has 0 aromatic rings. The summed E-state index contributed by atoms with van der Waals surface area (Å²) in [5, 5.41) is 0. The number of hydrogen-bond donors (Lipinski definition) is 0. The Balaban J connectivity index is 2.48. The molecule has 1 saturated heterocycles. The van der Waals surface area contributed by atoms with Crippen molar-refractivity contribution >= 4 is 5.97 Å². The molecule has 18 heavy (non-hydrogen) atoms. The van der Waals surface area contributed by atoms with Crippen molar-refractivity contribution in [1.29, 1.82) is 0 Å². The van der Waals surface area contributed by atoms with Gasteiger partial charge in [-0.05, 0) is 26.3 Å². The molecule has 0 amide bonds. The Bertz CT molecular complexity index is 315. The first-order chi connectivity index (χ1) is 8.34. The molecular weight excluding hydrogens is 247 g/mol.